The average Bonchev–Trinajstić information content (AvgIpc) is 2.65. The number of rotatable bonds is 5. The summed E-state index contributed by atoms with van der Waals surface area (Å²) < 4.78 is 12.2. The van der Waals surface area contributed by atoms with Crippen molar-refractivity contribution in [3.05, 3.63) is 82.8 Å². The third-order valence-electron chi connectivity index (χ3n) is 3.75. The molecule has 2 aromatic carbocycles. The van der Waals surface area contributed by atoms with E-state index in [-0.39, 0.29) is 22.8 Å². The molecule has 0 spiro atoms. The zero-order chi connectivity index (χ0) is 18.5. The molecule has 1 N–H and O–H groups in total. The molecule has 0 radical (unpaired) electrons. The third-order valence-corrected chi connectivity index (χ3v) is 3.75. The number of aryl methyl sites for hydroxylation is 1. The van der Waals surface area contributed by atoms with E-state index in [1.54, 1.807) is 35.9 Å². The fourth-order valence-corrected chi connectivity index (χ4v) is 2.41. The van der Waals surface area contributed by atoms with Crippen LogP contribution in [0.15, 0.2) is 71.7 Å². The number of nitrogens with zero attached hydrogens (tertiary/aromatic N) is 1. The maximum Gasteiger partial charge on any atom is 0.272 e. The van der Waals surface area contributed by atoms with Crippen LogP contribution in [-0.4, -0.2) is 17.6 Å². The van der Waals surface area contributed by atoms with Gasteiger partial charge in [0.2, 0.25) is 5.43 Å². The SMILES string of the molecule is COc1cn(C)c(C(=O)Nc2ccc(Oc3ccccc3)cc2)cc1=O. The van der Waals surface area contributed by atoms with E-state index in [0.29, 0.717) is 11.4 Å². The summed E-state index contributed by atoms with van der Waals surface area (Å²) in [7, 11) is 3.09. The monoisotopic (exact) mass is 350 g/mol. The molecule has 0 aliphatic carbocycles. The maximum absolute atomic E-state index is 12.4. The van der Waals surface area contributed by atoms with Crippen molar-refractivity contribution in [2.75, 3.05) is 12.4 Å². The van der Waals surface area contributed by atoms with Gasteiger partial charge in [0.1, 0.15) is 17.2 Å². The van der Waals surface area contributed by atoms with Crippen molar-refractivity contribution in [1.29, 1.82) is 0 Å². The first-order valence-electron chi connectivity index (χ1n) is 7.96. The van der Waals surface area contributed by atoms with Crippen LogP contribution in [0.1, 0.15) is 10.5 Å². The van der Waals surface area contributed by atoms with Gasteiger partial charge in [-0.15, -0.1) is 0 Å². The fourth-order valence-electron chi connectivity index (χ4n) is 2.41. The summed E-state index contributed by atoms with van der Waals surface area (Å²) in [6.45, 7) is 0. The minimum Gasteiger partial charge on any atom is -0.491 e. The lowest BCUT2D eigenvalue weighted by Crippen LogP contribution is -2.21. The Morgan fingerprint density at radius 2 is 1.65 bits per heavy atom. The molecule has 26 heavy (non-hydrogen) atoms. The lowest BCUT2D eigenvalue weighted by molar-refractivity contribution is 0.101. The molecule has 1 heterocycles. The van der Waals surface area contributed by atoms with Crippen LogP contribution in [0.25, 0.3) is 0 Å². The predicted octanol–water partition coefficient (Wildman–Crippen LogP) is 3.44. The Kier molecular flexibility index (Phi) is 5.03. The van der Waals surface area contributed by atoms with Gasteiger partial charge < -0.3 is 19.4 Å². The average molecular weight is 350 g/mol. The van der Waals surface area contributed by atoms with E-state index in [2.05, 4.69) is 5.32 Å². The maximum atomic E-state index is 12.4. The summed E-state index contributed by atoms with van der Waals surface area (Å²) in [6.07, 6.45) is 1.48. The number of pyridine rings is 1. The fraction of sp³-hybridized carbons (Fsp3) is 0.100. The number of para-hydroxylation sites is 1. The van der Waals surface area contributed by atoms with Crippen molar-refractivity contribution in [3.63, 3.8) is 0 Å². The Morgan fingerprint density at radius 1 is 1.00 bits per heavy atom. The Bertz CT molecular complexity index is 963. The summed E-state index contributed by atoms with van der Waals surface area (Å²) >= 11 is 0. The summed E-state index contributed by atoms with van der Waals surface area (Å²) in [6, 6.07) is 17.7. The van der Waals surface area contributed by atoms with Gasteiger partial charge in [0, 0.05) is 18.8 Å². The van der Waals surface area contributed by atoms with E-state index in [0.717, 1.165) is 5.75 Å². The third kappa shape index (κ3) is 3.92. The molecule has 1 aromatic heterocycles. The highest BCUT2D eigenvalue weighted by atomic mass is 16.5. The van der Waals surface area contributed by atoms with E-state index >= 15 is 0 Å². The minimum atomic E-state index is -0.385. The quantitative estimate of drug-likeness (QED) is 0.765. The number of benzene rings is 2. The number of methoxy groups -OCH3 is 1. The lowest BCUT2D eigenvalue weighted by atomic mass is 10.2. The van der Waals surface area contributed by atoms with Crippen LogP contribution < -0.4 is 20.2 Å². The molecule has 0 bridgehead atoms. The largest absolute Gasteiger partial charge is 0.491 e. The molecule has 3 rings (SSSR count). The van der Waals surface area contributed by atoms with Crippen LogP contribution in [0.5, 0.6) is 17.2 Å². The number of hydrogen-bond acceptors (Lipinski definition) is 4. The van der Waals surface area contributed by atoms with E-state index in [1.807, 2.05) is 30.3 Å². The van der Waals surface area contributed by atoms with Gasteiger partial charge in [0.05, 0.1) is 13.3 Å². The van der Waals surface area contributed by atoms with Crippen LogP contribution >= 0.6 is 0 Å². The van der Waals surface area contributed by atoms with Gasteiger partial charge in [-0.3, -0.25) is 9.59 Å². The molecule has 1 amide bonds. The Balaban J connectivity index is 1.72. The van der Waals surface area contributed by atoms with Gasteiger partial charge in [-0.25, -0.2) is 0 Å². The number of carbonyl (C=O) groups is 1. The number of nitrogens with one attached hydrogen (secondary N) is 1. The normalized spacial score (nSPS) is 10.2. The smallest absolute Gasteiger partial charge is 0.272 e. The lowest BCUT2D eigenvalue weighted by Gasteiger charge is -2.11. The van der Waals surface area contributed by atoms with Crippen LogP contribution in [0, 0.1) is 0 Å². The molecule has 0 aliphatic heterocycles. The molecule has 6 nitrogen and oxygen atoms in total. The first-order chi connectivity index (χ1) is 12.6. The minimum absolute atomic E-state index is 0.187. The first-order valence-corrected chi connectivity index (χ1v) is 7.96. The highest BCUT2D eigenvalue weighted by molar-refractivity contribution is 6.03. The highest BCUT2D eigenvalue weighted by Gasteiger charge is 2.12. The topological polar surface area (TPSA) is 69.6 Å². The highest BCUT2D eigenvalue weighted by Crippen LogP contribution is 2.22. The molecule has 0 saturated heterocycles. The van der Waals surface area contributed by atoms with Gasteiger partial charge in [-0.2, -0.15) is 0 Å². The number of amides is 1. The van der Waals surface area contributed by atoms with Gasteiger partial charge in [0.15, 0.2) is 5.75 Å². The summed E-state index contributed by atoms with van der Waals surface area (Å²) in [5, 5.41) is 2.76. The molecular formula is C20H18N2O4. The van der Waals surface area contributed by atoms with Crippen molar-refractivity contribution >= 4 is 11.6 Å². The van der Waals surface area contributed by atoms with Crippen LogP contribution in [0.2, 0.25) is 0 Å². The van der Waals surface area contributed by atoms with Crippen molar-refractivity contribution in [3.8, 4) is 17.2 Å². The molecule has 0 aliphatic rings. The Hall–Kier alpha value is -3.54. The van der Waals surface area contributed by atoms with Crippen LogP contribution in [0.3, 0.4) is 0 Å². The first kappa shape index (κ1) is 17.3. The molecule has 132 valence electrons. The number of hydrogen-bond donors (Lipinski definition) is 1. The zero-order valence-corrected chi connectivity index (χ0v) is 14.4. The summed E-state index contributed by atoms with van der Waals surface area (Å²) in [5.74, 6) is 1.19. The number of carbonyl (C=O) groups excluding carboxylic acids is 1. The van der Waals surface area contributed by atoms with Crippen molar-refractivity contribution in [2.24, 2.45) is 7.05 Å². The Labute approximate surface area is 150 Å². The second-order valence-corrected chi connectivity index (χ2v) is 5.60. The molecule has 0 fully saturated rings. The van der Waals surface area contributed by atoms with Gasteiger partial charge in [-0.05, 0) is 36.4 Å². The molecule has 3 aromatic rings. The predicted molar refractivity (Wildman–Crippen MR) is 99.1 cm³/mol. The van der Waals surface area contributed by atoms with Crippen molar-refractivity contribution in [2.45, 2.75) is 0 Å². The number of aromatic nitrogens is 1. The molecule has 0 saturated carbocycles. The van der Waals surface area contributed by atoms with E-state index in [4.69, 9.17) is 9.47 Å². The standard InChI is InChI=1S/C20H18N2O4/c1-22-13-19(25-2)18(23)12-17(22)20(24)21-14-8-10-16(11-9-14)26-15-6-4-3-5-7-15/h3-13H,1-2H3,(H,21,24). The summed E-state index contributed by atoms with van der Waals surface area (Å²) in [4.78, 5) is 24.3. The van der Waals surface area contributed by atoms with Gasteiger partial charge >= 0.3 is 0 Å². The Morgan fingerprint density at radius 3 is 2.31 bits per heavy atom. The van der Waals surface area contributed by atoms with Crippen LogP contribution in [0.4, 0.5) is 5.69 Å². The van der Waals surface area contributed by atoms with Crippen molar-refractivity contribution < 1.29 is 14.3 Å². The number of anilines is 1. The van der Waals surface area contributed by atoms with E-state index in [9.17, 15) is 9.59 Å². The van der Waals surface area contributed by atoms with E-state index < -0.39 is 0 Å². The van der Waals surface area contributed by atoms with E-state index in [1.165, 1.54) is 19.4 Å². The van der Waals surface area contributed by atoms with Gasteiger partial charge in [0.25, 0.3) is 5.91 Å². The number of ether oxygens (including phenoxy) is 2. The zero-order valence-electron chi connectivity index (χ0n) is 14.4. The van der Waals surface area contributed by atoms with Crippen molar-refractivity contribution in [1.82, 2.24) is 4.57 Å². The summed E-state index contributed by atoms with van der Waals surface area (Å²) in [5.41, 5.74) is 0.487. The van der Waals surface area contributed by atoms with Crippen LogP contribution in [-0.2, 0) is 7.05 Å². The molecule has 0 atom stereocenters. The molecule has 0 unspecified atom stereocenters. The van der Waals surface area contributed by atoms with Gasteiger partial charge in [-0.1, -0.05) is 18.2 Å². The molecule has 6 heteroatoms. The second-order valence-electron chi connectivity index (χ2n) is 5.60. The molecular weight excluding hydrogens is 332 g/mol. The second kappa shape index (κ2) is 7.57.